The molecule has 0 aromatic heterocycles. The Hall–Kier alpha value is -3.84. The summed E-state index contributed by atoms with van der Waals surface area (Å²) >= 11 is 0. The highest BCUT2D eigenvalue weighted by molar-refractivity contribution is 6.01. The molecule has 0 radical (unpaired) electrons. The minimum atomic E-state index is -1.83. The molecule has 0 bridgehead atoms. The maximum atomic E-state index is 13.3. The van der Waals surface area contributed by atoms with E-state index in [0.29, 0.717) is 11.3 Å². The van der Waals surface area contributed by atoms with Gasteiger partial charge in [0.25, 0.3) is 5.91 Å². The summed E-state index contributed by atoms with van der Waals surface area (Å²) in [7, 11) is 1.63. The molecule has 0 spiro atoms. The molecular weight excluding hydrogens is 492 g/mol. The number of rotatable bonds is 9. The number of piperidine rings is 1. The third-order valence-corrected chi connectivity index (χ3v) is 7.31. The van der Waals surface area contributed by atoms with Gasteiger partial charge >= 0.3 is 6.16 Å². The van der Waals surface area contributed by atoms with Crippen molar-refractivity contribution in [1.82, 2.24) is 10.2 Å². The lowest BCUT2D eigenvalue weighted by Crippen LogP contribution is -2.45. The number of hydrogen-bond acceptors (Lipinski definition) is 4. The van der Waals surface area contributed by atoms with Crippen molar-refractivity contribution in [3.8, 4) is 16.9 Å². The number of amides is 1. The molecule has 0 aliphatic carbocycles. The van der Waals surface area contributed by atoms with Crippen LogP contribution < -0.4 is 10.1 Å². The lowest BCUT2D eigenvalue weighted by molar-refractivity contribution is 0.0910. The van der Waals surface area contributed by atoms with E-state index in [1.54, 1.807) is 7.11 Å². The molecule has 1 aliphatic rings. The van der Waals surface area contributed by atoms with Gasteiger partial charge in [-0.25, -0.2) is 4.79 Å². The van der Waals surface area contributed by atoms with Gasteiger partial charge in [-0.1, -0.05) is 74.5 Å². The molecule has 0 atom stereocenters. The molecule has 1 aliphatic heterocycles. The van der Waals surface area contributed by atoms with Crippen LogP contribution in [-0.2, 0) is 5.41 Å². The predicted molar refractivity (Wildman–Crippen MR) is 155 cm³/mol. The van der Waals surface area contributed by atoms with Crippen LogP contribution in [0.4, 0.5) is 4.79 Å². The Morgan fingerprint density at radius 1 is 0.949 bits per heavy atom. The van der Waals surface area contributed by atoms with Crippen LogP contribution in [0.1, 0.15) is 55.5 Å². The summed E-state index contributed by atoms with van der Waals surface area (Å²) in [6, 6.07) is 26.8. The number of ether oxygens (including phenoxy) is 1. The Morgan fingerprint density at radius 3 is 2.13 bits per heavy atom. The Bertz CT molecular complexity index is 1190. The first kappa shape index (κ1) is 29.7. The smallest absolute Gasteiger partial charge is 0.497 e. The van der Waals surface area contributed by atoms with Crippen molar-refractivity contribution in [3.05, 3.63) is 90.0 Å². The average Bonchev–Trinajstić information content (AvgIpc) is 2.94. The molecule has 0 saturated carbocycles. The normalized spacial score (nSPS) is 14.1. The Morgan fingerprint density at radius 2 is 1.54 bits per heavy atom. The van der Waals surface area contributed by atoms with Crippen LogP contribution in [0.15, 0.2) is 78.9 Å². The molecule has 208 valence electrons. The van der Waals surface area contributed by atoms with Crippen LogP contribution >= 0.6 is 0 Å². The Balaban J connectivity index is 0.000000983. The summed E-state index contributed by atoms with van der Waals surface area (Å²) < 4.78 is 5.40. The molecule has 39 heavy (non-hydrogen) atoms. The van der Waals surface area contributed by atoms with Gasteiger partial charge in [0.05, 0.1) is 12.7 Å². The molecule has 1 amide bonds. The summed E-state index contributed by atoms with van der Waals surface area (Å²) in [5, 5.41) is 17.2. The number of carbonyl (C=O) groups excluding carboxylic acids is 1. The number of nitrogens with one attached hydrogen (secondary N) is 1. The number of nitrogens with zero attached hydrogens (tertiary/aromatic N) is 1. The monoisotopic (exact) mass is 532 g/mol. The van der Waals surface area contributed by atoms with E-state index in [1.165, 1.54) is 18.4 Å². The molecule has 1 heterocycles. The van der Waals surface area contributed by atoms with Crippen molar-refractivity contribution in [2.24, 2.45) is 0 Å². The molecule has 3 aromatic rings. The molecular formula is C32H40N2O5. The molecule has 1 fully saturated rings. The van der Waals surface area contributed by atoms with Crippen LogP contribution in [0.5, 0.6) is 5.75 Å². The van der Waals surface area contributed by atoms with Crippen LogP contribution in [-0.4, -0.2) is 60.0 Å². The summed E-state index contributed by atoms with van der Waals surface area (Å²) in [5.41, 5.74) is 4.24. The zero-order chi connectivity index (χ0) is 28.3. The highest BCUT2D eigenvalue weighted by Crippen LogP contribution is 2.29. The first-order valence-corrected chi connectivity index (χ1v) is 13.4. The number of benzene rings is 3. The Labute approximate surface area is 231 Å². The fourth-order valence-corrected chi connectivity index (χ4v) is 5.05. The summed E-state index contributed by atoms with van der Waals surface area (Å²) in [6.45, 7) is 7.85. The average molecular weight is 533 g/mol. The van der Waals surface area contributed by atoms with E-state index >= 15 is 0 Å². The fraction of sp³-hybridized carbons (Fsp3) is 0.375. The topological polar surface area (TPSA) is 99.1 Å². The molecule has 3 N–H and O–H groups in total. The third kappa shape index (κ3) is 9.14. The molecule has 0 unspecified atom stereocenters. The Kier molecular flexibility index (Phi) is 10.9. The lowest BCUT2D eigenvalue weighted by Gasteiger charge is -2.33. The second kappa shape index (κ2) is 14.4. The number of carbonyl (C=O) groups is 2. The van der Waals surface area contributed by atoms with Crippen molar-refractivity contribution < 1.29 is 24.5 Å². The quantitative estimate of drug-likeness (QED) is 0.290. The standard InChI is InChI=1S/C31H38N2O2.CH2O3/c1-31(2,25-13-8-5-9-14-25)19-10-20-33-21-17-26(18-22-33)32-30(34)29-23-27(35-3)15-16-28(29)24-11-6-4-7-12-24;2-1(3)4/h4-9,11-16,23,26H,10,17-22H2,1-3H3,(H,32,34);(H2,2,3,4). The van der Waals surface area contributed by atoms with Gasteiger partial charge in [0, 0.05) is 19.1 Å². The number of likely N-dealkylation sites (tertiary alicyclic amines) is 1. The van der Waals surface area contributed by atoms with Crippen molar-refractivity contribution >= 4 is 12.1 Å². The van der Waals surface area contributed by atoms with Crippen molar-refractivity contribution in [1.29, 1.82) is 0 Å². The van der Waals surface area contributed by atoms with E-state index in [1.807, 2.05) is 48.5 Å². The lowest BCUT2D eigenvalue weighted by atomic mass is 9.80. The SMILES string of the molecule is COc1ccc(-c2ccccc2)c(C(=O)NC2CCN(CCCC(C)(C)c3ccccc3)CC2)c1.O=C(O)O. The van der Waals surface area contributed by atoms with E-state index in [-0.39, 0.29) is 17.4 Å². The first-order chi connectivity index (χ1) is 18.7. The maximum absolute atomic E-state index is 13.3. The molecule has 3 aromatic carbocycles. The van der Waals surface area contributed by atoms with Gasteiger partial charge in [-0.05, 0) is 72.5 Å². The van der Waals surface area contributed by atoms with Crippen molar-refractivity contribution in [3.63, 3.8) is 0 Å². The van der Waals surface area contributed by atoms with Gasteiger partial charge < -0.3 is 25.2 Å². The third-order valence-electron chi connectivity index (χ3n) is 7.31. The molecule has 4 rings (SSSR count). The summed E-state index contributed by atoms with van der Waals surface area (Å²) in [4.78, 5) is 24.4. The fourth-order valence-electron chi connectivity index (χ4n) is 5.05. The van der Waals surface area contributed by atoms with Gasteiger partial charge in [0.1, 0.15) is 5.75 Å². The largest absolute Gasteiger partial charge is 0.503 e. The number of carboxylic acid groups (broad SMARTS) is 2. The molecule has 1 saturated heterocycles. The van der Waals surface area contributed by atoms with Crippen molar-refractivity contribution in [2.45, 2.75) is 51.0 Å². The minimum absolute atomic E-state index is 0.0224. The maximum Gasteiger partial charge on any atom is 0.503 e. The second-order valence-electron chi connectivity index (χ2n) is 10.5. The predicted octanol–water partition coefficient (Wildman–Crippen LogP) is 6.54. The zero-order valence-electron chi connectivity index (χ0n) is 23.1. The van der Waals surface area contributed by atoms with Crippen LogP contribution in [0.2, 0.25) is 0 Å². The van der Waals surface area contributed by atoms with Crippen molar-refractivity contribution in [2.75, 3.05) is 26.7 Å². The first-order valence-electron chi connectivity index (χ1n) is 13.4. The van der Waals surface area contributed by atoms with E-state index < -0.39 is 6.16 Å². The van der Waals surface area contributed by atoms with Crippen LogP contribution in [0.3, 0.4) is 0 Å². The van der Waals surface area contributed by atoms with Gasteiger partial charge in [-0.15, -0.1) is 0 Å². The number of hydrogen-bond donors (Lipinski definition) is 3. The molecule has 7 nitrogen and oxygen atoms in total. The van der Waals surface area contributed by atoms with E-state index in [4.69, 9.17) is 19.7 Å². The summed E-state index contributed by atoms with van der Waals surface area (Å²) in [6.07, 6.45) is 2.49. The van der Waals surface area contributed by atoms with E-state index in [0.717, 1.165) is 43.6 Å². The summed E-state index contributed by atoms with van der Waals surface area (Å²) in [5.74, 6) is 0.675. The molecule has 7 heteroatoms. The van der Waals surface area contributed by atoms with E-state index in [9.17, 15) is 4.79 Å². The van der Waals surface area contributed by atoms with Gasteiger partial charge in [0.15, 0.2) is 0 Å². The van der Waals surface area contributed by atoms with E-state index in [2.05, 4.69) is 54.4 Å². The van der Waals surface area contributed by atoms with Gasteiger partial charge in [-0.2, -0.15) is 0 Å². The minimum Gasteiger partial charge on any atom is -0.497 e. The zero-order valence-corrected chi connectivity index (χ0v) is 23.1. The highest BCUT2D eigenvalue weighted by Gasteiger charge is 2.24. The second-order valence-corrected chi connectivity index (χ2v) is 10.5. The number of methoxy groups -OCH3 is 1. The highest BCUT2D eigenvalue weighted by atomic mass is 16.6. The van der Waals surface area contributed by atoms with Crippen LogP contribution in [0, 0.1) is 0 Å². The van der Waals surface area contributed by atoms with Gasteiger partial charge in [-0.3, -0.25) is 4.79 Å². The van der Waals surface area contributed by atoms with Crippen LogP contribution in [0.25, 0.3) is 11.1 Å². The van der Waals surface area contributed by atoms with Gasteiger partial charge in [0.2, 0.25) is 0 Å².